The van der Waals surface area contributed by atoms with Crippen molar-refractivity contribution in [2.24, 2.45) is 7.05 Å². The lowest BCUT2D eigenvalue weighted by atomic mass is 10.1. The third-order valence-corrected chi connectivity index (χ3v) is 4.66. The highest BCUT2D eigenvalue weighted by Crippen LogP contribution is 2.22. The van der Waals surface area contributed by atoms with E-state index < -0.39 is 0 Å². The summed E-state index contributed by atoms with van der Waals surface area (Å²) >= 11 is 1.61. The summed E-state index contributed by atoms with van der Waals surface area (Å²) in [5, 5.41) is 0. The van der Waals surface area contributed by atoms with E-state index in [9.17, 15) is 9.59 Å². The first kappa shape index (κ1) is 13.8. The first-order valence-corrected chi connectivity index (χ1v) is 7.55. The van der Waals surface area contributed by atoms with Crippen LogP contribution in [0.2, 0.25) is 0 Å². The van der Waals surface area contributed by atoms with Gasteiger partial charge in [-0.25, -0.2) is 4.79 Å². The number of carbonyl (C=O) groups excluding carboxylic acids is 1. The average Bonchev–Trinajstić information content (AvgIpc) is 2.92. The van der Waals surface area contributed by atoms with Crippen molar-refractivity contribution in [1.82, 2.24) is 9.13 Å². The Morgan fingerprint density at radius 2 is 1.86 bits per heavy atom. The number of fused-ring (bicyclic) bond motifs is 1. The molecule has 0 fully saturated rings. The number of hydrogen-bond donors (Lipinski definition) is 0. The minimum Gasteiger partial charge on any atom is -0.295 e. The zero-order chi connectivity index (χ0) is 15.1. The van der Waals surface area contributed by atoms with E-state index >= 15 is 0 Å². The lowest BCUT2D eigenvalue weighted by Crippen LogP contribution is -2.25. The molecule has 2 aromatic heterocycles. The highest BCUT2D eigenvalue weighted by atomic mass is 32.1. The SMILES string of the molecule is Cc1cc(C(=O)Cn2c(=O)n(C)c3ccccc32)c(C)s1. The molecule has 108 valence electrons. The van der Waals surface area contributed by atoms with E-state index in [0.717, 1.165) is 26.4 Å². The molecule has 0 spiro atoms. The van der Waals surface area contributed by atoms with Gasteiger partial charge in [-0.2, -0.15) is 0 Å². The van der Waals surface area contributed by atoms with Gasteiger partial charge >= 0.3 is 5.69 Å². The number of Topliss-reactive ketones (excluding diaryl/α,β-unsaturated/α-hetero) is 1. The van der Waals surface area contributed by atoms with Gasteiger partial charge < -0.3 is 0 Å². The topological polar surface area (TPSA) is 44.0 Å². The first-order valence-electron chi connectivity index (χ1n) is 6.73. The molecule has 0 aliphatic heterocycles. The predicted molar refractivity (Wildman–Crippen MR) is 85.3 cm³/mol. The van der Waals surface area contributed by atoms with Gasteiger partial charge in [0.1, 0.15) is 0 Å². The number of ketones is 1. The third kappa shape index (κ3) is 2.23. The maximum absolute atomic E-state index is 12.5. The van der Waals surface area contributed by atoms with Crippen LogP contribution in [-0.4, -0.2) is 14.9 Å². The van der Waals surface area contributed by atoms with Crippen molar-refractivity contribution in [1.29, 1.82) is 0 Å². The van der Waals surface area contributed by atoms with E-state index in [-0.39, 0.29) is 18.0 Å². The van der Waals surface area contributed by atoms with Gasteiger partial charge in [0.05, 0.1) is 17.6 Å². The Hall–Kier alpha value is -2.14. The Labute approximate surface area is 126 Å². The van der Waals surface area contributed by atoms with Gasteiger partial charge in [0.25, 0.3) is 0 Å². The predicted octanol–water partition coefficient (Wildman–Crippen LogP) is 2.90. The number of nitrogens with zero attached hydrogens (tertiary/aromatic N) is 2. The summed E-state index contributed by atoms with van der Waals surface area (Å²) in [7, 11) is 1.73. The van der Waals surface area contributed by atoms with Crippen LogP contribution < -0.4 is 5.69 Å². The van der Waals surface area contributed by atoms with Gasteiger partial charge in [0, 0.05) is 22.4 Å². The fourth-order valence-corrected chi connectivity index (χ4v) is 3.59. The van der Waals surface area contributed by atoms with Crippen molar-refractivity contribution >= 4 is 28.2 Å². The summed E-state index contributed by atoms with van der Waals surface area (Å²) in [6.45, 7) is 4.01. The lowest BCUT2D eigenvalue weighted by Gasteiger charge is -2.02. The molecule has 0 saturated carbocycles. The van der Waals surface area contributed by atoms with E-state index in [4.69, 9.17) is 0 Å². The molecule has 0 aliphatic rings. The molecule has 0 atom stereocenters. The molecule has 3 aromatic rings. The van der Waals surface area contributed by atoms with Gasteiger partial charge in [-0.3, -0.25) is 13.9 Å². The fourth-order valence-electron chi connectivity index (χ4n) is 2.65. The molecule has 5 heteroatoms. The van der Waals surface area contributed by atoms with Gasteiger partial charge in [0.15, 0.2) is 5.78 Å². The van der Waals surface area contributed by atoms with Crippen LogP contribution in [0.5, 0.6) is 0 Å². The van der Waals surface area contributed by atoms with Crippen molar-refractivity contribution in [2.75, 3.05) is 0 Å². The minimum atomic E-state index is -0.158. The molecule has 2 heterocycles. The van der Waals surface area contributed by atoms with Crippen LogP contribution in [0.4, 0.5) is 0 Å². The molecule has 0 radical (unpaired) electrons. The fraction of sp³-hybridized carbons (Fsp3) is 0.250. The zero-order valence-electron chi connectivity index (χ0n) is 12.2. The molecule has 0 amide bonds. The average molecular weight is 300 g/mol. The van der Waals surface area contributed by atoms with Crippen molar-refractivity contribution < 1.29 is 4.79 Å². The van der Waals surface area contributed by atoms with Crippen molar-refractivity contribution in [3.05, 3.63) is 56.1 Å². The number of imidazole rings is 1. The van der Waals surface area contributed by atoms with Gasteiger partial charge in [-0.1, -0.05) is 12.1 Å². The summed E-state index contributed by atoms with van der Waals surface area (Å²) in [4.78, 5) is 26.9. The van der Waals surface area contributed by atoms with E-state index in [1.807, 2.05) is 44.2 Å². The highest BCUT2D eigenvalue weighted by Gasteiger charge is 2.17. The number of hydrogen-bond acceptors (Lipinski definition) is 3. The molecule has 0 bridgehead atoms. The van der Waals surface area contributed by atoms with Gasteiger partial charge in [0.2, 0.25) is 0 Å². The zero-order valence-corrected chi connectivity index (χ0v) is 13.0. The van der Waals surface area contributed by atoms with Crippen LogP contribution in [0.15, 0.2) is 35.1 Å². The maximum Gasteiger partial charge on any atom is 0.329 e. The molecule has 0 saturated heterocycles. The van der Waals surface area contributed by atoms with Crippen molar-refractivity contribution in [3.8, 4) is 0 Å². The second kappa shape index (κ2) is 5.00. The van der Waals surface area contributed by atoms with E-state index in [0.29, 0.717) is 0 Å². The number of rotatable bonds is 3. The molecule has 0 aliphatic carbocycles. The molecule has 4 nitrogen and oxygen atoms in total. The number of carbonyl (C=O) groups is 1. The van der Waals surface area contributed by atoms with Crippen LogP contribution in [0, 0.1) is 13.8 Å². The number of para-hydroxylation sites is 2. The number of thiophene rings is 1. The summed E-state index contributed by atoms with van der Waals surface area (Å²) in [5.74, 6) is -0.0182. The third-order valence-electron chi connectivity index (χ3n) is 3.69. The first-order chi connectivity index (χ1) is 9.99. The number of benzene rings is 1. The lowest BCUT2D eigenvalue weighted by molar-refractivity contribution is 0.0972. The Morgan fingerprint density at radius 1 is 1.19 bits per heavy atom. The van der Waals surface area contributed by atoms with Crippen LogP contribution in [-0.2, 0) is 13.6 Å². The normalized spacial score (nSPS) is 11.2. The van der Waals surface area contributed by atoms with Crippen LogP contribution in [0.3, 0.4) is 0 Å². The van der Waals surface area contributed by atoms with Crippen molar-refractivity contribution in [3.63, 3.8) is 0 Å². The Kier molecular flexibility index (Phi) is 3.29. The monoisotopic (exact) mass is 300 g/mol. The molecule has 0 N–H and O–H groups in total. The summed E-state index contributed by atoms with van der Waals surface area (Å²) < 4.78 is 3.12. The standard InChI is InChI=1S/C16H16N2O2S/c1-10-8-12(11(2)21-10)15(19)9-18-14-7-5-4-6-13(14)17(3)16(18)20/h4-8H,9H2,1-3H3. The molecule has 3 rings (SSSR count). The molecule has 0 unspecified atom stereocenters. The number of aryl methyl sites for hydroxylation is 3. The Balaban J connectivity index is 2.06. The second-order valence-electron chi connectivity index (χ2n) is 5.17. The summed E-state index contributed by atoms with van der Waals surface area (Å²) in [6, 6.07) is 9.43. The van der Waals surface area contributed by atoms with Gasteiger partial charge in [-0.15, -0.1) is 11.3 Å². The quantitative estimate of drug-likeness (QED) is 0.698. The molecular weight excluding hydrogens is 284 g/mol. The largest absolute Gasteiger partial charge is 0.329 e. The van der Waals surface area contributed by atoms with E-state index in [1.165, 1.54) is 0 Å². The summed E-state index contributed by atoms with van der Waals surface area (Å²) in [5.41, 5.74) is 2.20. The minimum absolute atomic E-state index is 0.0182. The smallest absolute Gasteiger partial charge is 0.295 e. The Bertz CT molecular complexity index is 899. The summed E-state index contributed by atoms with van der Waals surface area (Å²) in [6.07, 6.45) is 0. The van der Waals surface area contributed by atoms with Crippen LogP contribution in [0.1, 0.15) is 20.1 Å². The second-order valence-corrected chi connectivity index (χ2v) is 6.63. The van der Waals surface area contributed by atoms with Crippen LogP contribution in [0.25, 0.3) is 11.0 Å². The molecule has 21 heavy (non-hydrogen) atoms. The molecule has 1 aromatic carbocycles. The van der Waals surface area contributed by atoms with E-state index in [2.05, 4.69) is 0 Å². The van der Waals surface area contributed by atoms with Crippen molar-refractivity contribution in [2.45, 2.75) is 20.4 Å². The Morgan fingerprint density at radius 3 is 2.48 bits per heavy atom. The van der Waals surface area contributed by atoms with Gasteiger partial charge in [-0.05, 0) is 32.0 Å². The van der Waals surface area contributed by atoms with Crippen LogP contribution >= 0.6 is 11.3 Å². The number of aromatic nitrogens is 2. The van der Waals surface area contributed by atoms with E-state index in [1.54, 1.807) is 27.5 Å². The molecular formula is C16H16N2O2S. The highest BCUT2D eigenvalue weighted by molar-refractivity contribution is 7.12. The maximum atomic E-state index is 12.5.